The van der Waals surface area contributed by atoms with Crippen LogP contribution in [0.1, 0.15) is 36.2 Å². The summed E-state index contributed by atoms with van der Waals surface area (Å²) in [5.41, 5.74) is 3.54. The first-order valence-corrected chi connectivity index (χ1v) is 7.50. The molecule has 0 fully saturated rings. The molecule has 0 amide bonds. The molecule has 0 aliphatic heterocycles. The highest BCUT2D eigenvalue weighted by Gasteiger charge is 2.17. The van der Waals surface area contributed by atoms with Gasteiger partial charge in [-0.05, 0) is 32.0 Å². The van der Waals surface area contributed by atoms with Crippen molar-refractivity contribution in [3.05, 3.63) is 47.3 Å². The topological polar surface area (TPSA) is 39.1 Å². The van der Waals surface area contributed by atoms with Crippen LogP contribution in [0, 0.1) is 6.92 Å². The largest absolute Gasteiger partial charge is 0.496 e. The predicted molar refractivity (Wildman–Crippen MR) is 85.7 cm³/mol. The second-order valence-corrected chi connectivity index (χ2v) is 5.44. The van der Waals surface area contributed by atoms with E-state index in [0.29, 0.717) is 0 Å². The summed E-state index contributed by atoms with van der Waals surface area (Å²) in [4.78, 5) is 0. The Kier molecular flexibility index (Phi) is 5.39. The lowest BCUT2D eigenvalue weighted by atomic mass is 9.99. The molecule has 21 heavy (non-hydrogen) atoms. The first-order valence-electron chi connectivity index (χ1n) is 7.50. The minimum Gasteiger partial charge on any atom is -0.496 e. The van der Waals surface area contributed by atoms with Gasteiger partial charge < -0.3 is 10.1 Å². The van der Waals surface area contributed by atoms with Crippen LogP contribution in [0.2, 0.25) is 0 Å². The summed E-state index contributed by atoms with van der Waals surface area (Å²) in [6, 6.07) is 8.62. The molecule has 4 nitrogen and oxygen atoms in total. The van der Waals surface area contributed by atoms with Crippen LogP contribution in [0.15, 0.2) is 30.5 Å². The van der Waals surface area contributed by atoms with Crippen LogP contribution in [0.3, 0.4) is 0 Å². The van der Waals surface area contributed by atoms with Gasteiger partial charge in [-0.2, -0.15) is 5.10 Å². The molecule has 4 heteroatoms. The van der Waals surface area contributed by atoms with Crippen molar-refractivity contribution in [3.8, 4) is 5.75 Å². The molecule has 1 aromatic carbocycles. The maximum Gasteiger partial charge on any atom is 0.123 e. The average molecular weight is 287 g/mol. The first-order chi connectivity index (χ1) is 10.1. The number of rotatable bonds is 7. The Morgan fingerprint density at radius 2 is 2.14 bits per heavy atom. The van der Waals surface area contributed by atoms with E-state index in [1.165, 1.54) is 11.1 Å². The normalized spacial score (nSPS) is 12.4. The van der Waals surface area contributed by atoms with Gasteiger partial charge in [0.05, 0.1) is 12.8 Å². The zero-order valence-corrected chi connectivity index (χ0v) is 13.4. The SMILES string of the molecule is CCCNC(Cc1ccn(C)n1)c1cc(C)ccc1OC. The lowest BCUT2D eigenvalue weighted by Crippen LogP contribution is -2.25. The number of aromatic nitrogens is 2. The van der Waals surface area contributed by atoms with Gasteiger partial charge in [-0.25, -0.2) is 0 Å². The first kappa shape index (κ1) is 15.6. The Balaban J connectivity index is 2.28. The van der Waals surface area contributed by atoms with E-state index in [2.05, 4.69) is 42.5 Å². The molecular formula is C17H25N3O. The van der Waals surface area contributed by atoms with Crippen LogP contribution in [0.5, 0.6) is 5.75 Å². The van der Waals surface area contributed by atoms with Gasteiger partial charge in [0, 0.05) is 31.3 Å². The summed E-state index contributed by atoms with van der Waals surface area (Å²) in [6.45, 7) is 5.27. The number of benzene rings is 1. The molecule has 2 rings (SSSR count). The van der Waals surface area contributed by atoms with Crippen molar-refractivity contribution in [1.29, 1.82) is 0 Å². The summed E-state index contributed by atoms with van der Waals surface area (Å²) in [6.07, 6.45) is 3.95. The predicted octanol–water partition coefficient (Wildman–Crippen LogP) is 3.02. The van der Waals surface area contributed by atoms with Gasteiger partial charge in [0.2, 0.25) is 0 Å². The van der Waals surface area contributed by atoms with E-state index in [4.69, 9.17) is 4.74 Å². The average Bonchev–Trinajstić information content (AvgIpc) is 2.88. The zero-order chi connectivity index (χ0) is 15.2. The fourth-order valence-corrected chi connectivity index (χ4v) is 2.52. The third-order valence-corrected chi connectivity index (χ3v) is 3.58. The third kappa shape index (κ3) is 4.08. The van der Waals surface area contributed by atoms with Crippen LogP contribution in [-0.4, -0.2) is 23.4 Å². The van der Waals surface area contributed by atoms with Crippen molar-refractivity contribution in [2.45, 2.75) is 32.7 Å². The molecule has 114 valence electrons. The third-order valence-electron chi connectivity index (χ3n) is 3.58. The molecule has 2 aromatic rings. The molecule has 1 unspecified atom stereocenters. The highest BCUT2D eigenvalue weighted by atomic mass is 16.5. The van der Waals surface area contributed by atoms with Gasteiger partial charge in [0.15, 0.2) is 0 Å². The Morgan fingerprint density at radius 1 is 1.33 bits per heavy atom. The van der Waals surface area contributed by atoms with Gasteiger partial charge in [0.1, 0.15) is 5.75 Å². The van der Waals surface area contributed by atoms with E-state index >= 15 is 0 Å². The van der Waals surface area contributed by atoms with Crippen molar-refractivity contribution >= 4 is 0 Å². The summed E-state index contributed by atoms with van der Waals surface area (Å²) in [7, 11) is 3.68. The van der Waals surface area contributed by atoms with Crippen LogP contribution in [0.4, 0.5) is 0 Å². The molecule has 0 aliphatic carbocycles. The lowest BCUT2D eigenvalue weighted by molar-refractivity contribution is 0.397. The number of ether oxygens (including phenoxy) is 1. The molecule has 0 radical (unpaired) electrons. The lowest BCUT2D eigenvalue weighted by Gasteiger charge is -2.21. The quantitative estimate of drug-likeness (QED) is 0.851. The van der Waals surface area contributed by atoms with Crippen molar-refractivity contribution in [1.82, 2.24) is 15.1 Å². The van der Waals surface area contributed by atoms with Crippen molar-refractivity contribution < 1.29 is 4.74 Å². The fraction of sp³-hybridized carbons (Fsp3) is 0.471. The number of aryl methyl sites for hydroxylation is 2. The van der Waals surface area contributed by atoms with E-state index in [9.17, 15) is 0 Å². The maximum atomic E-state index is 5.54. The maximum absolute atomic E-state index is 5.54. The minimum atomic E-state index is 0.217. The molecule has 0 bridgehead atoms. The number of nitrogens with zero attached hydrogens (tertiary/aromatic N) is 2. The van der Waals surface area contributed by atoms with Crippen LogP contribution in [0.25, 0.3) is 0 Å². The molecule has 0 aliphatic rings. The highest BCUT2D eigenvalue weighted by molar-refractivity contribution is 5.39. The Hall–Kier alpha value is -1.81. The molecule has 1 atom stereocenters. The standard InChI is InChI=1S/C17H25N3O/c1-5-9-18-16(12-14-8-10-20(3)19-14)15-11-13(2)6-7-17(15)21-4/h6-8,10-11,16,18H,5,9,12H2,1-4H3. The highest BCUT2D eigenvalue weighted by Crippen LogP contribution is 2.28. The molecule has 1 heterocycles. The molecule has 0 saturated carbocycles. The minimum absolute atomic E-state index is 0.217. The van der Waals surface area contributed by atoms with Crippen LogP contribution in [-0.2, 0) is 13.5 Å². The summed E-state index contributed by atoms with van der Waals surface area (Å²) in [5.74, 6) is 0.935. The summed E-state index contributed by atoms with van der Waals surface area (Å²) >= 11 is 0. The molecule has 1 aromatic heterocycles. The van der Waals surface area contributed by atoms with Crippen molar-refractivity contribution in [3.63, 3.8) is 0 Å². The smallest absolute Gasteiger partial charge is 0.123 e. The molecule has 0 saturated heterocycles. The van der Waals surface area contributed by atoms with Gasteiger partial charge in [-0.1, -0.05) is 24.6 Å². The van der Waals surface area contributed by atoms with Gasteiger partial charge in [-0.15, -0.1) is 0 Å². The van der Waals surface area contributed by atoms with Crippen LogP contribution < -0.4 is 10.1 Å². The van der Waals surface area contributed by atoms with E-state index < -0.39 is 0 Å². The molecular weight excluding hydrogens is 262 g/mol. The van der Waals surface area contributed by atoms with E-state index in [1.807, 2.05) is 24.0 Å². The van der Waals surface area contributed by atoms with Gasteiger partial charge >= 0.3 is 0 Å². The van der Waals surface area contributed by atoms with Crippen molar-refractivity contribution in [2.24, 2.45) is 7.05 Å². The van der Waals surface area contributed by atoms with Gasteiger partial charge in [0.25, 0.3) is 0 Å². The van der Waals surface area contributed by atoms with E-state index in [0.717, 1.165) is 30.8 Å². The number of nitrogens with one attached hydrogen (secondary N) is 1. The monoisotopic (exact) mass is 287 g/mol. The molecule has 1 N–H and O–H groups in total. The van der Waals surface area contributed by atoms with E-state index in [-0.39, 0.29) is 6.04 Å². The zero-order valence-electron chi connectivity index (χ0n) is 13.4. The number of methoxy groups -OCH3 is 1. The second kappa shape index (κ2) is 7.27. The number of hydrogen-bond acceptors (Lipinski definition) is 3. The van der Waals surface area contributed by atoms with Gasteiger partial charge in [-0.3, -0.25) is 4.68 Å². The Morgan fingerprint density at radius 3 is 2.76 bits per heavy atom. The van der Waals surface area contributed by atoms with Crippen LogP contribution >= 0.6 is 0 Å². The molecule has 0 spiro atoms. The van der Waals surface area contributed by atoms with E-state index in [1.54, 1.807) is 7.11 Å². The second-order valence-electron chi connectivity index (χ2n) is 5.44. The summed E-state index contributed by atoms with van der Waals surface area (Å²) in [5, 5.41) is 8.11. The Labute approximate surface area is 127 Å². The Bertz CT molecular complexity index is 577. The van der Waals surface area contributed by atoms with Crippen molar-refractivity contribution in [2.75, 3.05) is 13.7 Å². The fourth-order valence-electron chi connectivity index (χ4n) is 2.52. The number of hydrogen-bond donors (Lipinski definition) is 1. The summed E-state index contributed by atoms with van der Waals surface area (Å²) < 4.78 is 7.39.